The van der Waals surface area contributed by atoms with Crippen LogP contribution in [0.3, 0.4) is 0 Å². The molecular weight excluding hydrogens is 403 g/mol. The van der Waals surface area contributed by atoms with E-state index in [2.05, 4.69) is 21.2 Å². The molecule has 0 spiro atoms. The molecule has 2 aromatic carbocycles. The Morgan fingerprint density at radius 3 is 2.85 bits per heavy atom. The summed E-state index contributed by atoms with van der Waals surface area (Å²) < 4.78 is 19.5. The minimum atomic E-state index is -0.318. The standard InChI is InChI=1S/C19H18BrFN2O3/c20-17-9-14(21)7-6-13(17)12-26-16-4-1-3-15(10-16)22-18(24)11-23-8-2-5-19(23)25/h1,3-4,6-7,9-10H,2,5,8,11-12H2,(H,22,24). The summed E-state index contributed by atoms with van der Waals surface area (Å²) in [5.74, 6) is 0.0406. The average molecular weight is 421 g/mol. The highest BCUT2D eigenvalue weighted by atomic mass is 79.9. The van der Waals surface area contributed by atoms with Crippen LogP contribution in [0.5, 0.6) is 5.75 Å². The summed E-state index contributed by atoms with van der Waals surface area (Å²) in [6, 6.07) is 11.4. The average Bonchev–Trinajstić information content (AvgIpc) is 2.99. The first-order valence-electron chi connectivity index (χ1n) is 8.26. The number of ether oxygens (including phenoxy) is 1. The molecule has 0 unspecified atom stereocenters. The van der Waals surface area contributed by atoms with Gasteiger partial charge in [-0.05, 0) is 30.7 Å². The minimum Gasteiger partial charge on any atom is -0.489 e. The molecule has 0 radical (unpaired) electrons. The lowest BCUT2D eigenvalue weighted by Crippen LogP contribution is -2.33. The fourth-order valence-electron chi connectivity index (χ4n) is 2.71. The van der Waals surface area contributed by atoms with Gasteiger partial charge in [0.2, 0.25) is 11.8 Å². The van der Waals surface area contributed by atoms with E-state index in [0.717, 1.165) is 12.0 Å². The van der Waals surface area contributed by atoms with Crippen molar-refractivity contribution in [2.24, 2.45) is 0 Å². The number of nitrogens with zero attached hydrogens (tertiary/aromatic N) is 1. The molecule has 0 aliphatic carbocycles. The smallest absolute Gasteiger partial charge is 0.243 e. The second kappa shape index (κ2) is 8.31. The fraction of sp³-hybridized carbons (Fsp3) is 0.263. The highest BCUT2D eigenvalue weighted by molar-refractivity contribution is 9.10. The fourth-order valence-corrected chi connectivity index (χ4v) is 3.17. The van der Waals surface area contributed by atoms with Gasteiger partial charge in [0.05, 0.1) is 6.54 Å². The first kappa shape index (κ1) is 18.4. The molecule has 26 heavy (non-hydrogen) atoms. The van der Waals surface area contributed by atoms with Crippen LogP contribution in [0.1, 0.15) is 18.4 Å². The Labute approximate surface area is 159 Å². The maximum atomic E-state index is 13.1. The van der Waals surface area contributed by atoms with Crippen LogP contribution in [0, 0.1) is 5.82 Å². The highest BCUT2D eigenvalue weighted by Crippen LogP contribution is 2.22. The van der Waals surface area contributed by atoms with Gasteiger partial charge in [0.15, 0.2) is 0 Å². The van der Waals surface area contributed by atoms with Crippen molar-refractivity contribution in [2.75, 3.05) is 18.4 Å². The van der Waals surface area contributed by atoms with Crippen LogP contribution < -0.4 is 10.1 Å². The molecule has 1 N–H and O–H groups in total. The van der Waals surface area contributed by atoms with E-state index in [1.165, 1.54) is 12.1 Å². The summed E-state index contributed by atoms with van der Waals surface area (Å²) in [6.07, 6.45) is 1.31. The van der Waals surface area contributed by atoms with Crippen LogP contribution in [0.25, 0.3) is 0 Å². The highest BCUT2D eigenvalue weighted by Gasteiger charge is 2.22. The Morgan fingerprint density at radius 1 is 1.27 bits per heavy atom. The zero-order valence-electron chi connectivity index (χ0n) is 14.0. The predicted octanol–water partition coefficient (Wildman–Crippen LogP) is 3.73. The lowest BCUT2D eigenvalue weighted by atomic mass is 10.2. The number of carbonyl (C=O) groups excluding carboxylic acids is 2. The van der Waals surface area contributed by atoms with E-state index in [1.54, 1.807) is 35.2 Å². The second-order valence-corrected chi connectivity index (χ2v) is 6.87. The summed E-state index contributed by atoms with van der Waals surface area (Å²) in [6.45, 7) is 0.953. The van der Waals surface area contributed by atoms with Crippen LogP contribution in [0.15, 0.2) is 46.9 Å². The molecule has 5 nitrogen and oxygen atoms in total. The Morgan fingerprint density at radius 2 is 2.12 bits per heavy atom. The maximum absolute atomic E-state index is 13.1. The third-order valence-corrected chi connectivity index (χ3v) is 4.77. The Bertz CT molecular complexity index is 828. The van der Waals surface area contributed by atoms with Crippen LogP contribution in [-0.4, -0.2) is 29.8 Å². The van der Waals surface area contributed by atoms with E-state index < -0.39 is 0 Å². The number of rotatable bonds is 6. The number of anilines is 1. The number of carbonyl (C=O) groups is 2. The van der Waals surface area contributed by atoms with Crippen LogP contribution >= 0.6 is 15.9 Å². The van der Waals surface area contributed by atoms with Crippen molar-refractivity contribution in [3.63, 3.8) is 0 Å². The largest absolute Gasteiger partial charge is 0.489 e. The first-order chi connectivity index (χ1) is 12.5. The number of halogens is 2. The zero-order chi connectivity index (χ0) is 18.5. The minimum absolute atomic E-state index is 0.0158. The summed E-state index contributed by atoms with van der Waals surface area (Å²) in [7, 11) is 0. The van der Waals surface area contributed by atoms with Crippen molar-refractivity contribution in [1.82, 2.24) is 4.90 Å². The van der Waals surface area contributed by atoms with E-state index in [9.17, 15) is 14.0 Å². The van der Waals surface area contributed by atoms with Crippen LogP contribution in [-0.2, 0) is 16.2 Å². The molecule has 0 aromatic heterocycles. The van der Waals surface area contributed by atoms with E-state index in [4.69, 9.17) is 4.74 Å². The number of nitrogens with one attached hydrogen (secondary N) is 1. The van der Waals surface area contributed by atoms with Gasteiger partial charge < -0.3 is 15.0 Å². The molecule has 1 saturated heterocycles. The van der Waals surface area contributed by atoms with Gasteiger partial charge in [-0.25, -0.2) is 4.39 Å². The maximum Gasteiger partial charge on any atom is 0.243 e. The molecule has 3 rings (SSSR count). The SMILES string of the molecule is O=C(CN1CCCC1=O)Nc1cccc(OCc2ccc(F)cc2Br)c1. The lowest BCUT2D eigenvalue weighted by Gasteiger charge is -2.15. The lowest BCUT2D eigenvalue weighted by molar-refractivity contribution is -0.131. The van der Waals surface area contributed by atoms with Gasteiger partial charge >= 0.3 is 0 Å². The predicted molar refractivity (Wildman–Crippen MR) is 99.3 cm³/mol. The molecule has 2 amide bonds. The Hall–Kier alpha value is -2.41. The topological polar surface area (TPSA) is 58.6 Å². The van der Waals surface area contributed by atoms with Crippen molar-refractivity contribution in [1.29, 1.82) is 0 Å². The van der Waals surface area contributed by atoms with E-state index in [0.29, 0.717) is 28.9 Å². The molecular formula is C19H18BrFN2O3. The molecule has 1 heterocycles. The van der Waals surface area contributed by atoms with Gasteiger partial charge in [0.1, 0.15) is 18.2 Å². The monoisotopic (exact) mass is 420 g/mol. The van der Waals surface area contributed by atoms with Gasteiger partial charge in [-0.15, -0.1) is 0 Å². The van der Waals surface area contributed by atoms with Crippen molar-refractivity contribution in [2.45, 2.75) is 19.4 Å². The van der Waals surface area contributed by atoms with Crippen molar-refractivity contribution < 1.29 is 18.7 Å². The van der Waals surface area contributed by atoms with Crippen molar-refractivity contribution in [3.05, 3.63) is 58.3 Å². The molecule has 1 aliphatic rings. The zero-order valence-corrected chi connectivity index (χ0v) is 15.6. The quantitative estimate of drug-likeness (QED) is 0.774. The summed E-state index contributed by atoms with van der Waals surface area (Å²) in [5.41, 5.74) is 1.41. The molecule has 2 aromatic rings. The van der Waals surface area contributed by atoms with Gasteiger partial charge in [0.25, 0.3) is 0 Å². The molecule has 7 heteroatoms. The molecule has 1 fully saturated rings. The Balaban J connectivity index is 1.57. The summed E-state index contributed by atoms with van der Waals surface area (Å²) >= 11 is 3.31. The third-order valence-electron chi connectivity index (χ3n) is 4.03. The number of likely N-dealkylation sites (tertiary alicyclic amines) is 1. The molecule has 136 valence electrons. The van der Waals surface area contributed by atoms with Crippen molar-refractivity contribution in [3.8, 4) is 5.75 Å². The van der Waals surface area contributed by atoms with Gasteiger partial charge in [-0.3, -0.25) is 9.59 Å². The Kier molecular flexibility index (Phi) is 5.88. The first-order valence-corrected chi connectivity index (χ1v) is 9.05. The van der Waals surface area contributed by atoms with E-state index >= 15 is 0 Å². The van der Waals surface area contributed by atoms with E-state index in [1.807, 2.05) is 0 Å². The molecule has 0 saturated carbocycles. The van der Waals surface area contributed by atoms with Gasteiger partial charge in [0, 0.05) is 34.8 Å². The van der Waals surface area contributed by atoms with Gasteiger partial charge in [-0.1, -0.05) is 28.1 Å². The molecule has 1 aliphatic heterocycles. The van der Waals surface area contributed by atoms with Gasteiger partial charge in [-0.2, -0.15) is 0 Å². The van der Waals surface area contributed by atoms with Crippen LogP contribution in [0.4, 0.5) is 10.1 Å². The number of benzene rings is 2. The van der Waals surface area contributed by atoms with Crippen molar-refractivity contribution >= 4 is 33.4 Å². The number of amides is 2. The van der Waals surface area contributed by atoms with Crippen LogP contribution in [0.2, 0.25) is 0 Å². The second-order valence-electron chi connectivity index (χ2n) is 6.02. The van der Waals surface area contributed by atoms with E-state index in [-0.39, 0.29) is 30.8 Å². The molecule has 0 atom stereocenters. The summed E-state index contributed by atoms with van der Waals surface area (Å²) in [5, 5.41) is 2.78. The summed E-state index contributed by atoms with van der Waals surface area (Å²) in [4.78, 5) is 25.2. The molecule has 0 bridgehead atoms. The number of hydrogen-bond donors (Lipinski definition) is 1. The normalized spacial score (nSPS) is 13.8. The third kappa shape index (κ3) is 4.82. The number of hydrogen-bond acceptors (Lipinski definition) is 3.